The second kappa shape index (κ2) is 18.2. The molecule has 0 saturated heterocycles. The fourth-order valence-corrected chi connectivity index (χ4v) is 1.46. The second-order valence-corrected chi connectivity index (χ2v) is 4.93. The molecule has 0 rings (SSSR count). The monoisotopic (exact) mass is 314 g/mol. The Balaban J connectivity index is -0.000000324. The lowest BCUT2D eigenvalue weighted by molar-refractivity contribution is 1.14. The Morgan fingerprint density at radius 3 is 1.61 bits per heavy atom. The van der Waals surface area contributed by atoms with Gasteiger partial charge in [-0.1, -0.05) is 93.7 Å². The predicted octanol–water partition coefficient (Wildman–Crippen LogP) is 8.14. The molecule has 0 aliphatic heterocycles. The summed E-state index contributed by atoms with van der Waals surface area (Å²) in [4.78, 5) is 0. The highest BCUT2D eigenvalue weighted by Gasteiger charge is 1.93. The van der Waals surface area contributed by atoms with Crippen LogP contribution < -0.4 is 0 Å². The molecule has 23 heavy (non-hydrogen) atoms. The molecule has 0 unspecified atom stereocenters. The van der Waals surface area contributed by atoms with Gasteiger partial charge in [-0.05, 0) is 52.2 Å². The third-order valence-corrected chi connectivity index (χ3v) is 3.05. The van der Waals surface area contributed by atoms with Gasteiger partial charge < -0.3 is 0 Å². The van der Waals surface area contributed by atoms with Crippen molar-refractivity contribution < 1.29 is 0 Å². The fraction of sp³-hybridized carbons (Fsp3) is 0.391. The summed E-state index contributed by atoms with van der Waals surface area (Å²) in [5, 5.41) is 0. The van der Waals surface area contributed by atoms with E-state index in [1.54, 1.807) is 0 Å². The molecular weight excluding hydrogens is 276 g/mol. The van der Waals surface area contributed by atoms with Crippen molar-refractivity contribution in [1.29, 1.82) is 0 Å². The highest BCUT2D eigenvalue weighted by Crippen LogP contribution is 2.13. The zero-order chi connectivity index (χ0) is 18.8. The molecule has 130 valence electrons. The van der Waals surface area contributed by atoms with E-state index in [2.05, 4.69) is 57.9 Å². The number of hydrogen-bond acceptors (Lipinski definition) is 0. The van der Waals surface area contributed by atoms with Gasteiger partial charge >= 0.3 is 0 Å². The van der Waals surface area contributed by atoms with Crippen LogP contribution in [0.25, 0.3) is 0 Å². The summed E-state index contributed by atoms with van der Waals surface area (Å²) in [5.41, 5.74) is 6.06. The maximum Gasteiger partial charge on any atom is -0.0273 e. The molecular formula is C23H38. The summed E-state index contributed by atoms with van der Waals surface area (Å²) < 4.78 is 0. The van der Waals surface area contributed by atoms with Gasteiger partial charge in [0, 0.05) is 0 Å². The molecule has 0 heterocycles. The molecule has 0 N–H and O–H groups in total. The molecule has 0 saturated carbocycles. The first-order valence-electron chi connectivity index (χ1n) is 8.44. The van der Waals surface area contributed by atoms with Crippen LogP contribution in [0.5, 0.6) is 0 Å². The molecule has 0 aliphatic carbocycles. The average Bonchev–Trinajstić information content (AvgIpc) is 2.57. The van der Waals surface area contributed by atoms with Gasteiger partial charge in [0.05, 0.1) is 0 Å². The summed E-state index contributed by atoms with van der Waals surface area (Å²) in [6.45, 7) is 27.6. The topological polar surface area (TPSA) is 0 Å². The van der Waals surface area contributed by atoms with Crippen molar-refractivity contribution in [2.45, 2.75) is 61.8 Å². The summed E-state index contributed by atoms with van der Waals surface area (Å²) in [5.74, 6) is 0. The summed E-state index contributed by atoms with van der Waals surface area (Å²) in [6, 6.07) is 0. The maximum atomic E-state index is 3.90. The first kappa shape index (κ1) is 26.1. The van der Waals surface area contributed by atoms with Crippen LogP contribution in [0.3, 0.4) is 0 Å². The van der Waals surface area contributed by atoms with Gasteiger partial charge in [-0.2, -0.15) is 0 Å². The van der Waals surface area contributed by atoms with Gasteiger partial charge in [-0.15, -0.1) is 0 Å². The van der Waals surface area contributed by atoms with E-state index in [4.69, 9.17) is 0 Å². The van der Waals surface area contributed by atoms with Gasteiger partial charge in [-0.3, -0.25) is 0 Å². The zero-order valence-electron chi connectivity index (χ0n) is 16.8. The van der Waals surface area contributed by atoms with E-state index in [9.17, 15) is 0 Å². The van der Waals surface area contributed by atoms with E-state index >= 15 is 0 Å². The largest absolute Gasteiger partial charge is 0.0988 e. The van der Waals surface area contributed by atoms with E-state index < -0.39 is 0 Å². The van der Waals surface area contributed by atoms with Crippen LogP contribution in [0.2, 0.25) is 0 Å². The third kappa shape index (κ3) is 16.4. The minimum atomic E-state index is 1.02. The first-order chi connectivity index (χ1) is 10.9. The van der Waals surface area contributed by atoms with Crippen molar-refractivity contribution in [1.82, 2.24) is 0 Å². The molecule has 0 bridgehead atoms. The Kier molecular flexibility index (Phi) is 20.7. The summed E-state index contributed by atoms with van der Waals surface area (Å²) in [7, 11) is 0. The fourth-order valence-electron chi connectivity index (χ4n) is 1.46. The van der Waals surface area contributed by atoms with E-state index in [-0.39, 0.29) is 0 Å². The van der Waals surface area contributed by atoms with Gasteiger partial charge in [0.25, 0.3) is 0 Å². The molecule has 0 nitrogen and oxygen atoms in total. The lowest BCUT2D eigenvalue weighted by Gasteiger charge is -2.01. The number of allylic oxidation sites excluding steroid dienone is 11. The Bertz CT molecular complexity index is 462. The van der Waals surface area contributed by atoms with E-state index in [0.29, 0.717) is 0 Å². The Morgan fingerprint density at radius 1 is 0.826 bits per heavy atom. The van der Waals surface area contributed by atoms with Crippen molar-refractivity contribution in [2.24, 2.45) is 0 Å². The quantitative estimate of drug-likeness (QED) is 0.434. The van der Waals surface area contributed by atoms with Gasteiger partial charge in [-0.25, -0.2) is 0 Å². The maximum absolute atomic E-state index is 3.90. The third-order valence-electron chi connectivity index (χ3n) is 3.05. The van der Waals surface area contributed by atoms with Gasteiger partial charge in [0.1, 0.15) is 0 Å². The van der Waals surface area contributed by atoms with Gasteiger partial charge in [0.15, 0.2) is 0 Å². The predicted molar refractivity (Wildman–Crippen MR) is 112 cm³/mol. The molecule has 0 aromatic carbocycles. The minimum absolute atomic E-state index is 1.02. The molecule has 0 radical (unpaired) electrons. The van der Waals surface area contributed by atoms with E-state index in [1.165, 1.54) is 22.3 Å². The zero-order valence-corrected chi connectivity index (χ0v) is 16.8. The lowest BCUT2D eigenvalue weighted by atomic mass is 10.0. The van der Waals surface area contributed by atoms with Crippen LogP contribution in [0.15, 0.2) is 84.1 Å². The van der Waals surface area contributed by atoms with Crippen molar-refractivity contribution in [3.63, 3.8) is 0 Å². The van der Waals surface area contributed by atoms with Crippen molar-refractivity contribution in [2.75, 3.05) is 0 Å². The summed E-state index contributed by atoms with van der Waals surface area (Å²) >= 11 is 0. The Hall–Kier alpha value is -1.82. The smallest absolute Gasteiger partial charge is 0.0273 e. The highest BCUT2D eigenvalue weighted by molar-refractivity contribution is 5.40. The molecule has 0 atom stereocenters. The summed E-state index contributed by atoms with van der Waals surface area (Å²) in [6.07, 6.45) is 13.2. The molecule has 0 spiro atoms. The van der Waals surface area contributed by atoms with Crippen LogP contribution in [-0.4, -0.2) is 0 Å². The number of rotatable bonds is 6. The normalized spacial score (nSPS) is 12.3. The van der Waals surface area contributed by atoms with E-state index in [0.717, 1.165) is 12.0 Å². The van der Waals surface area contributed by atoms with Crippen LogP contribution >= 0.6 is 0 Å². The van der Waals surface area contributed by atoms with Crippen LogP contribution in [-0.2, 0) is 0 Å². The highest BCUT2D eigenvalue weighted by atomic mass is 14.0. The Morgan fingerprint density at radius 2 is 1.35 bits per heavy atom. The lowest BCUT2D eigenvalue weighted by Crippen LogP contribution is -1.81. The molecule has 0 aromatic rings. The standard InChI is InChI=1S/C12H18.C9H14.C2H6/c1-6-11(7-2)9-12(8-3)10(4)5;1-5-8(3)7-9(4)6-2;1-2/h6,8-9H,1,4,7H2,2-3,5H3;5-7H,1H2,2-4H3;1-2H3/b11-9+,12-8+;8-7-,9-6-;. The molecule has 0 fully saturated rings. The number of hydrogen-bond donors (Lipinski definition) is 0. The van der Waals surface area contributed by atoms with Crippen molar-refractivity contribution in [3.05, 3.63) is 84.1 Å². The van der Waals surface area contributed by atoms with Gasteiger partial charge in [0.2, 0.25) is 0 Å². The van der Waals surface area contributed by atoms with Crippen LogP contribution in [0.1, 0.15) is 61.8 Å². The SMILES string of the molecule is C=C/C(=C\C(=C/C)C(=C)C)CC.C=C/C(C)=C\C(C)=C/C.CC. The minimum Gasteiger partial charge on any atom is -0.0988 e. The average molecular weight is 315 g/mol. The van der Waals surface area contributed by atoms with E-state index in [1.807, 2.05) is 53.7 Å². The molecule has 0 aliphatic rings. The van der Waals surface area contributed by atoms with Crippen molar-refractivity contribution >= 4 is 0 Å². The van der Waals surface area contributed by atoms with Crippen LogP contribution in [0.4, 0.5) is 0 Å². The van der Waals surface area contributed by atoms with Crippen LogP contribution in [0, 0.1) is 0 Å². The first-order valence-corrected chi connectivity index (χ1v) is 8.44. The molecule has 0 heteroatoms. The molecule has 0 amide bonds. The Labute approximate surface area is 146 Å². The molecule has 0 aromatic heterocycles. The second-order valence-electron chi connectivity index (χ2n) is 4.93. The van der Waals surface area contributed by atoms with Crippen molar-refractivity contribution in [3.8, 4) is 0 Å².